The van der Waals surface area contributed by atoms with Gasteiger partial charge in [-0.05, 0) is 49.2 Å². The second kappa shape index (κ2) is 9.98. The van der Waals surface area contributed by atoms with Crippen LogP contribution in [0.3, 0.4) is 0 Å². The highest BCUT2D eigenvalue weighted by molar-refractivity contribution is 5.99. The van der Waals surface area contributed by atoms with Crippen LogP contribution in [0.2, 0.25) is 0 Å². The highest BCUT2D eigenvalue weighted by Crippen LogP contribution is 2.29. The van der Waals surface area contributed by atoms with Crippen LogP contribution in [0.1, 0.15) is 12.8 Å². The maximum Gasteiger partial charge on any atom is 0.323 e. The molecule has 176 valence electrons. The maximum atomic E-state index is 12.2. The van der Waals surface area contributed by atoms with Gasteiger partial charge in [0, 0.05) is 43.6 Å². The van der Waals surface area contributed by atoms with E-state index in [1.165, 1.54) is 0 Å². The summed E-state index contributed by atoms with van der Waals surface area (Å²) < 4.78 is 5.95. The summed E-state index contributed by atoms with van der Waals surface area (Å²) in [4.78, 5) is 32.4. The average Bonchev–Trinajstić information content (AvgIpc) is 3.20. The summed E-state index contributed by atoms with van der Waals surface area (Å²) >= 11 is 0. The van der Waals surface area contributed by atoms with Gasteiger partial charge in [0.2, 0.25) is 11.9 Å². The van der Waals surface area contributed by atoms with Crippen LogP contribution in [0, 0.1) is 0 Å². The molecule has 2 aliphatic rings. The Hall–Kier alpha value is -3.83. The summed E-state index contributed by atoms with van der Waals surface area (Å²) in [6, 6.07) is 10.5. The van der Waals surface area contributed by atoms with Gasteiger partial charge in [0.25, 0.3) is 0 Å². The van der Waals surface area contributed by atoms with Crippen molar-refractivity contribution in [3.8, 4) is 11.4 Å². The van der Waals surface area contributed by atoms with E-state index in [0.29, 0.717) is 42.2 Å². The SMILES string of the molecule is NCCNc1nc(-c2ccc(NC(=O)Nc3cccnc3)cc2)nc(N2CC3CCC(C2)O3)n1. The van der Waals surface area contributed by atoms with E-state index in [2.05, 4.69) is 35.8 Å². The predicted octanol–water partition coefficient (Wildman–Crippen LogP) is 2.32. The number of morpholine rings is 1. The van der Waals surface area contributed by atoms with Gasteiger partial charge in [-0.2, -0.15) is 15.0 Å². The molecule has 4 heterocycles. The van der Waals surface area contributed by atoms with E-state index in [0.717, 1.165) is 31.5 Å². The summed E-state index contributed by atoms with van der Waals surface area (Å²) in [7, 11) is 0. The number of pyridine rings is 1. The summed E-state index contributed by atoms with van der Waals surface area (Å²) in [6.07, 6.45) is 5.82. The zero-order valence-corrected chi connectivity index (χ0v) is 18.6. The van der Waals surface area contributed by atoms with Gasteiger partial charge in [-0.3, -0.25) is 4.98 Å². The maximum absolute atomic E-state index is 12.2. The van der Waals surface area contributed by atoms with Crippen LogP contribution in [-0.2, 0) is 4.74 Å². The Morgan fingerprint density at radius 2 is 1.79 bits per heavy atom. The van der Waals surface area contributed by atoms with E-state index in [-0.39, 0.29) is 18.2 Å². The molecule has 3 aromatic rings. The lowest BCUT2D eigenvalue weighted by atomic mass is 10.2. The normalized spacial score (nSPS) is 19.0. The fourth-order valence-electron chi connectivity index (χ4n) is 4.11. The van der Waals surface area contributed by atoms with Crippen molar-refractivity contribution >= 4 is 29.3 Å². The van der Waals surface area contributed by atoms with Gasteiger partial charge in [-0.1, -0.05) is 0 Å². The molecule has 0 aliphatic carbocycles. The molecule has 2 unspecified atom stereocenters. The number of nitrogens with one attached hydrogen (secondary N) is 3. The third-order valence-corrected chi connectivity index (χ3v) is 5.70. The number of benzene rings is 1. The first kappa shape index (κ1) is 22.0. The van der Waals surface area contributed by atoms with Crippen molar-refractivity contribution in [1.82, 2.24) is 19.9 Å². The van der Waals surface area contributed by atoms with Crippen LogP contribution in [-0.4, -0.2) is 64.4 Å². The second-order valence-corrected chi connectivity index (χ2v) is 8.26. The molecule has 0 radical (unpaired) electrons. The number of hydrogen-bond donors (Lipinski definition) is 4. The summed E-state index contributed by atoms with van der Waals surface area (Å²) in [5.74, 6) is 1.67. The number of nitrogens with zero attached hydrogens (tertiary/aromatic N) is 5. The Kier molecular flexibility index (Phi) is 6.45. The van der Waals surface area contributed by atoms with E-state index in [1.54, 1.807) is 24.5 Å². The van der Waals surface area contributed by atoms with E-state index in [4.69, 9.17) is 15.5 Å². The predicted molar refractivity (Wildman–Crippen MR) is 130 cm³/mol. The number of carbonyl (C=O) groups is 1. The smallest absolute Gasteiger partial charge is 0.323 e. The molecule has 2 amide bonds. The van der Waals surface area contributed by atoms with E-state index >= 15 is 0 Å². The topological polar surface area (TPSA) is 143 Å². The van der Waals surface area contributed by atoms with Crippen LogP contribution < -0.4 is 26.6 Å². The standard InChI is InChI=1S/C23H27N9O2/c24-9-11-26-21-29-20(30-22(31-21)32-13-18-7-8-19(14-32)34-18)15-3-5-16(6-4-15)27-23(33)28-17-2-1-10-25-12-17/h1-6,10,12,18-19H,7-9,11,13-14,24H2,(H2,27,28,33)(H,26,29,30,31). The molecule has 2 bridgehead atoms. The van der Waals surface area contributed by atoms with E-state index < -0.39 is 0 Å². The van der Waals surface area contributed by atoms with Crippen molar-refractivity contribution < 1.29 is 9.53 Å². The van der Waals surface area contributed by atoms with Gasteiger partial charge in [-0.15, -0.1) is 0 Å². The first-order valence-electron chi connectivity index (χ1n) is 11.3. The number of nitrogens with two attached hydrogens (primary N) is 1. The number of ether oxygens (including phenoxy) is 1. The lowest BCUT2D eigenvalue weighted by molar-refractivity contribution is 0.0299. The molecule has 1 aromatic carbocycles. The Bertz CT molecular complexity index is 1120. The number of rotatable bonds is 7. The van der Waals surface area contributed by atoms with Crippen molar-refractivity contribution in [3.05, 3.63) is 48.8 Å². The quantitative estimate of drug-likeness (QED) is 0.417. The third-order valence-electron chi connectivity index (χ3n) is 5.70. The fraction of sp³-hybridized carbons (Fsp3) is 0.348. The highest BCUT2D eigenvalue weighted by Gasteiger charge is 2.35. The molecule has 2 atom stereocenters. The van der Waals surface area contributed by atoms with Crippen molar-refractivity contribution in [3.63, 3.8) is 0 Å². The largest absolute Gasteiger partial charge is 0.371 e. The molecule has 5 rings (SSSR count). The number of amides is 2. The molecular formula is C23H27N9O2. The Labute approximate surface area is 197 Å². The first-order valence-corrected chi connectivity index (χ1v) is 11.3. The molecule has 0 saturated carbocycles. The summed E-state index contributed by atoms with van der Waals surface area (Å²) in [5.41, 5.74) is 7.72. The summed E-state index contributed by atoms with van der Waals surface area (Å²) in [6.45, 7) is 2.57. The molecule has 5 N–H and O–H groups in total. The van der Waals surface area contributed by atoms with Gasteiger partial charge >= 0.3 is 6.03 Å². The Morgan fingerprint density at radius 1 is 1.03 bits per heavy atom. The molecule has 2 fully saturated rings. The van der Waals surface area contributed by atoms with Crippen molar-refractivity contribution in [2.75, 3.05) is 47.0 Å². The monoisotopic (exact) mass is 461 g/mol. The second-order valence-electron chi connectivity index (χ2n) is 8.26. The summed E-state index contributed by atoms with van der Waals surface area (Å²) in [5, 5.41) is 8.72. The Balaban J connectivity index is 1.33. The minimum atomic E-state index is -0.349. The zero-order chi connectivity index (χ0) is 23.3. The van der Waals surface area contributed by atoms with Crippen LogP contribution in [0.5, 0.6) is 0 Å². The van der Waals surface area contributed by atoms with Gasteiger partial charge < -0.3 is 31.3 Å². The number of urea groups is 1. The first-order chi connectivity index (χ1) is 16.7. The average molecular weight is 462 g/mol. The molecule has 34 heavy (non-hydrogen) atoms. The molecule has 11 nitrogen and oxygen atoms in total. The number of carbonyl (C=O) groups excluding carboxylic acids is 1. The number of anilines is 4. The van der Waals surface area contributed by atoms with Crippen LogP contribution in [0.15, 0.2) is 48.8 Å². The van der Waals surface area contributed by atoms with Gasteiger partial charge in [0.05, 0.1) is 24.1 Å². The molecular weight excluding hydrogens is 434 g/mol. The van der Waals surface area contributed by atoms with Gasteiger partial charge in [-0.25, -0.2) is 4.79 Å². The minimum Gasteiger partial charge on any atom is -0.371 e. The van der Waals surface area contributed by atoms with Crippen LogP contribution in [0.4, 0.5) is 28.1 Å². The minimum absolute atomic E-state index is 0.225. The van der Waals surface area contributed by atoms with Crippen molar-refractivity contribution in [1.29, 1.82) is 0 Å². The van der Waals surface area contributed by atoms with E-state index in [9.17, 15) is 4.79 Å². The number of hydrogen-bond acceptors (Lipinski definition) is 9. The molecule has 2 aromatic heterocycles. The number of aromatic nitrogens is 4. The molecule has 11 heteroatoms. The number of fused-ring (bicyclic) bond motifs is 2. The Morgan fingerprint density at radius 3 is 2.50 bits per heavy atom. The van der Waals surface area contributed by atoms with Crippen LogP contribution >= 0.6 is 0 Å². The molecule has 2 aliphatic heterocycles. The van der Waals surface area contributed by atoms with E-state index in [1.807, 2.05) is 24.3 Å². The molecule has 0 spiro atoms. The lowest BCUT2D eigenvalue weighted by Crippen LogP contribution is -2.43. The third kappa shape index (κ3) is 5.21. The highest BCUT2D eigenvalue weighted by atomic mass is 16.5. The zero-order valence-electron chi connectivity index (χ0n) is 18.6. The van der Waals surface area contributed by atoms with Crippen molar-refractivity contribution in [2.45, 2.75) is 25.0 Å². The lowest BCUT2D eigenvalue weighted by Gasteiger charge is -2.32. The van der Waals surface area contributed by atoms with Gasteiger partial charge in [0.15, 0.2) is 5.82 Å². The van der Waals surface area contributed by atoms with Gasteiger partial charge in [0.1, 0.15) is 0 Å². The van der Waals surface area contributed by atoms with Crippen LogP contribution in [0.25, 0.3) is 11.4 Å². The van der Waals surface area contributed by atoms with Crippen molar-refractivity contribution in [2.24, 2.45) is 5.73 Å². The fourth-order valence-corrected chi connectivity index (χ4v) is 4.11. The molecule has 2 saturated heterocycles.